The zero-order valence-electron chi connectivity index (χ0n) is 8.04. The van der Waals surface area contributed by atoms with Crippen LogP contribution in [-0.4, -0.2) is 43.4 Å². The predicted molar refractivity (Wildman–Crippen MR) is 49.5 cm³/mol. The van der Waals surface area contributed by atoms with Gasteiger partial charge in [0.05, 0.1) is 6.61 Å². The predicted octanol–water partition coefficient (Wildman–Crippen LogP) is 1.60. The van der Waals surface area contributed by atoms with Gasteiger partial charge in [0.15, 0.2) is 0 Å². The smallest absolute Gasteiger partial charge is 0.105 e. The molecular formula is C10H18FNO. The van der Waals surface area contributed by atoms with E-state index < -0.39 is 0 Å². The van der Waals surface area contributed by atoms with Crippen molar-refractivity contribution >= 4 is 0 Å². The monoisotopic (exact) mass is 187 g/mol. The molecule has 0 N–H and O–H groups in total. The second kappa shape index (κ2) is 4.38. The van der Waals surface area contributed by atoms with Gasteiger partial charge in [-0.2, -0.15) is 0 Å². The van der Waals surface area contributed by atoms with Crippen LogP contribution in [0.5, 0.6) is 0 Å². The van der Waals surface area contributed by atoms with Gasteiger partial charge in [-0.3, -0.25) is 4.90 Å². The van der Waals surface area contributed by atoms with Crippen LogP contribution in [0.15, 0.2) is 0 Å². The van der Waals surface area contributed by atoms with Crippen LogP contribution in [0, 0.1) is 0 Å². The Morgan fingerprint density at radius 3 is 2.92 bits per heavy atom. The Balaban J connectivity index is 1.90. The van der Waals surface area contributed by atoms with Crippen LogP contribution in [-0.2, 0) is 4.74 Å². The first-order chi connectivity index (χ1) is 6.42. The number of hydrogen-bond acceptors (Lipinski definition) is 2. The molecular weight excluding hydrogens is 169 g/mol. The Labute approximate surface area is 79.1 Å². The molecule has 0 radical (unpaired) electrons. The first-order valence-corrected chi connectivity index (χ1v) is 5.31. The largest absolute Gasteiger partial charge is 0.380 e. The van der Waals surface area contributed by atoms with E-state index in [2.05, 4.69) is 4.90 Å². The molecule has 3 heteroatoms. The molecule has 0 aromatic heterocycles. The summed E-state index contributed by atoms with van der Waals surface area (Å²) in [6.07, 6.45) is 4.52. The normalized spacial score (nSPS) is 36.7. The fourth-order valence-electron chi connectivity index (χ4n) is 2.49. The van der Waals surface area contributed by atoms with Crippen molar-refractivity contribution in [3.8, 4) is 0 Å². The van der Waals surface area contributed by atoms with E-state index >= 15 is 0 Å². The topological polar surface area (TPSA) is 12.5 Å². The molecule has 2 aliphatic heterocycles. The third kappa shape index (κ3) is 2.02. The quantitative estimate of drug-likeness (QED) is 0.651. The summed E-state index contributed by atoms with van der Waals surface area (Å²) < 4.78 is 18.0. The standard InChI is InChI=1S/C10H18FNO/c11-7-9-3-1-5-12(9)10-4-2-6-13-8-10/h9-10H,1-8H2. The molecule has 0 bridgehead atoms. The molecule has 0 aromatic rings. The summed E-state index contributed by atoms with van der Waals surface area (Å²) in [5.74, 6) is 0. The zero-order valence-corrected chi connectivity index (χ0v) is 8.04. The van der Waals surface area contributed by atoms with Crippen LogP contribution in [0.1, 0.15) is 25.7 Å². The first-order valence-electron chi connectivity index (χ1n) is 5.31. The number of likely N-dealkylation sites (tertiary alicyclic amines) is 1. The van der Waals surface area contributed by atoms with E-state index in [1.165, 1.54) is 6.42 Å². The lowest BCUT2D eigenvalue weighted by atomic mass is 10.1. The number of nitrogens with zero attached hydrogens (tertiary/aromatic N) is 1. The third-order valence-electron chi connectivity index (χ3n) is 3.21. The van der Waals surface area contributed by atoms with Gasteiger partial charge in [-0.15, -0.1) is 0 Å². The van der Waals surface area contributed by atoms with Crippen molar-refractivity contribution in [2.24, 2.45) is 0 Å². The molecule has 76 valence electrons. The van der Waals surface area contributed by atoms with Crippen LogP contribution < -0.4 is 0 Å². The highest BCUT2D eigenvalue weighted by Gasteiger charge is 2.31. The molecule has 0 amide bonds. The van der Waals surface area contributed by atoms with Crippen molar-refractivity contribution in [1.82, 2.24) is 4.90 Å². The lowest BCUT2D eigenvalue weighted by molar-refractivity contribution is 0.00943. The van der Waals surface area contributed by atoms with Crippen molar-refractivity contribution in [1.29, 1.82) is 0 Å². The van der Waals surface area contributed by atoms with Gasteiger partial charge in [0.2, 0.25) is 0 Å². The first kappa shape index (κ1) is 9.41. The SMILES string of the molecule is FCC1CCCN1C1CCCOC1. The van der Waals surface area contributed by atoms with Gasteiger partial charge in [-0.25, -0.2) is 4.39 Å². The molecule has 2 nitrogen and oxygen atoms in total. The van der Waals surface area contributed by atoms with Gasteiger partial charge in [0.25, 0.3) is 0 Å². The summed E-state index contributed by atoms with van der Waals surface area (Å²) in [7, 11) is 0. The van der Waals surface area contributed by atoms with Gasteiger partial charge < -0.3 is 4.74 Å². The van der Waals surface area contributed by atoms with Crippen LogP contribution >= 0.6 is 0 Å². The maximum atomic E-state index is 12.6. The average Bonchev–Trinajstić information content (AvgIpc) is 2.67. The molecule has 2 aliphatic rings. The van der Waals surface area contributed by atoms with Crippen LogP contribution in [0.3, 0.4) is 0 Å². The van der Waals surface area contributed by atoms with E-state index in [4.69, 9.17) is 4.74 Å². The molecule has 0 aliphatic carbocycles. The second-order valence-electron chi connectivity index (χ2n) is 4.06. The van der Waals surface area contributed by atoms with Crippen LogP contribution in [0.4, 0.5) is 4.39 Å². The minimum absolute atomic E-state index is 0.184. The van der Waals surface area contributed by atoms with Crippen molar-refractivity contribution in [2.75, 3.05) is 26.4 Å². The van der Waals surface area contributed by atoms with E-state index in [1.807, 2.05) is 0 Å². The average molecular weight is 187 g/mol. The van der Waals surface area contributed by atoms with Gasteiger partial charge in [0, 0.05) is 18.7 Å². The zero-order chi connectivity index (χ0) is 9.10. The Morgan fingerprint density at radius 2 is 2.23 bits per heavy atom. The van der Waals surface area contributed by atoms with E-state index in [-0.39, 0.29) is 12.7 Å². The maximum Gasteiger partial charge on any atom is 0.105 e. The molecule has 0 saturated carbocycles. The van der Waals surface area contributed by atoms with Gasteiger partial charge >= 0.3 is 0 Å². The number of halogens is 1. The van der Waals surface area contributed by atoms with Crippen molar-refractivity contribution in [3.05, 3.63) is 0 Å². The number of ether oxygens (including phenoxy) is 1. The van der Waals surface area contributed by atoms with Gasteiger partial charge in [0.1, 0.15) is 6.67 Å². The Kier molecular flexibility index (Phi) is 3.17. The summed E-state index contributed by atoms with van der Waals surface area (Å²) in [4.78, 5) is 2.32. The molecule has 0 spiro atoms. The summed E-state index contributed by atoms with van der Waals surface area (Å²) in [5.41, 5.74) is 0. The minimum atomic E-state index is -0.184. The number of hydrogen-bond donors (Lipinski definition) is 0. The van der Waals surface area contributed by atoms with E-state index in [0.29, 0.717) is 6.04 Å². The lowest BCUT2D eigenvalue weighted by Gasteiger charge is -2.34. The van der Waals surface area contributed by atoms with Crippen LogP contribution in [0.25, 0.3) is 0 Å². The van der Waals surface area contributed by atoms with Crippen LogP contribution in [0.2, 0.25) is 0 Å². The number of rotatable bonds is 2. The van der Waals surface area contributed by atoms with Gasteiger partial charge in [-0.05, 0) is 32.2 Å². The fourth-order valence-corrected chi connectivity index (χ4v) is 2.49. The Morgan fingerprint density at radius 1 is 1.31 bits per heavy atom. The van der Waals surface area contributed by atoms with E-state index in [0.717, 1.165) is 39.0 Å². The second-order valence-corrected chi connectivity index (χ2v) is 4.06. The van der Waals surface area contributed by atoms with E-state index in [9.17, 15) is 4.39 Å². The molecule has 2 saturated heterocycles. The van der Waals surface area contributed by atoms with Gasteiger partial charge in [-0.1, -0.05) is 0 Å². The molecule has 2 atom stereocenters. The summed E-state index contributed by atoms with van der Waals surface area (Å²) >= 11 is 0. The van der Waals surface area contributed by atoms with Crippen molar-refractivity contribution in [2.45, 2.75) is 37.8 Å². The molecule has 2 rings (SSSR count). The Hall–Kier alpha value is -0.150. The summed E-state index contributed by atoms with van der Waals surface area (Å²) in [6, 6.07) is 0.684. The van der Waals surface area contributed by atoms with E-state index in [1.54, 1.807) is 0 Å². The fraction of sp³-hybridized carbons (Fsp3) is 1.00. The summed E-state index contributed by atoms with van der Waals surface area (Å²) in [5, 5.41) is 0. The highest BCUT2D eigenvalue weighted by Crippen LogP contribution is 2.24. The molecule has 2 unspecified atom stereocenters. The highest BCUT2D eigenvalue weighted by molar-refractivity contribution is 4.85. The minimum Gasteiger partial charge on any atom is -0.380 e. The maximum absolute atomic E-state index is 12.6. The third-order valence-corrected chi connectivity index (χ3v) is 3.21. The molecule has 0 aromatic carbocycles. The molecule has 13 heavy (non-hydrogen) atoms. The molecule has 2 heterocycles. The van der Waals surface area contributed by atoms with Crippen molar-refractivity contribution < 1.29 is 9.13 Å². The summed E-state index contributed by atoms with van der Waals surface area (Å²) in [6.45, 7) is 2.60. The van der Waals surface area contributed by atoms with Crippen molar-refractivity contribution in [3.63, 3.8) is 0 Å². The Bertz CT molecular complexity index is 159. The highest BCUT2D eigenvalue weighted by atomic mass is 19.1. The lowest BCUT2D eigenvalue weighted by Crippen LogP contribution is -2.44. The molecule has 2 fully saturated rings. The number of alkyl halides is 1.